The summed E-state index contributed by atoms with van der Waals surface area (Å²) in [6, 6.07) is 20.1. The summed E-state index contributed by atoms with van der Waals surface area (Å²) in [6.07, 6.45) is 1.45. The van der Waals surface area contributed by atoms with E-state index in [-0.39, 0.29) is 18.9 Å². The van der Waals surface area contributed by atoms with Gasteiger partial charge in [-0.1, -0.05) is 59.8 Å². The minimum atomic E-state index is -0.826. The molecule has 2 N–H and O–H groups in total. The Balaban J connectivity index is 1.35. The minimum absolute atomic E-state index is 0.00324. The summed E-state index contributed by atoms with van der Waals surface area (Å²) in [6.45, 7) is 6.59. The van der Waals surface area contributed by atoms with Crippen LogP contribution in [0.1, 0.15) is 52.1 Å². The van der Waals surface area contributed by atoms with E-state index in [1.54, 1.807) is 0 Å². The van der Waals surface area contributed by atoms with E-state index in [0.717, 1.165) is 50.8 Å². The van der Waals surface area contributed by atoms with Crippen molar-refractivity contribution in [3.05, 3.63) is 94.0 Å². The van der Waals surface area contributed by atoms with Gasteiger partial charge in [0.05, 0.1) is 51.5 Å². The Morgan fingerprint density at radius 1 is 0.974 bits per heavy atom. The fourth-order valence-corrected chi connectivity index (χ4v) is 4.90. The van der Waals surface area contributed by atoms with Gasteiger partial charge in [-0.2, -0.15) is 0 Å². The third kappa shape index (κ3) is 7.72. The number of carboxylic acids is 1. The number of carbonyl (C=O) groups is 1. The Labute approximate surface area is 229 Å². The van der Waals surface area contributed by atoms with Gasteiger partial charge in [0.2, 0.25) is 0 Å². The summed E-state index contributed by atoms with van der Waals surface area (Å²) in [5, 5.41) is 27.9. The molecule has 0 spiro atoms. The molecule has 0 aliphatic rings. The van der Waals surface area contributed by atoms with Crippen LogP contribution in [0.3, 0.4) is 0 Å². The van der Waals surface area contributed by atoms with Gasteiger partial charge in [0.25, 0.3) is 0 Å². The first-order chi connectivity index (χ1) is 19.0. The van der Waals surface area contributed by atoms with Crippen molar-refractivity contribution in [2.45, 2.75) is 58.8 Å². The van der Waals surface area contributed by atoms with Gasteiger partial charge in [0.15, 0.2) is 0 Å². The van der Waals surface area contributed by atoms with Crippen LogP contribution in [-0.2, 0) is 40.4 Å². The van der Waals surface area contributed by atoms with Crippen LogP contribution in [0.2, 0.25) is 0 Å². The number of aliphatic carboxylic acids is 1. The maximum atomic E-state index is 11.7. The molecular formula is C31H37N3O5. The first-order valence-electron chi connectivity index (χ1n) is 13.4. The molecule has 0 bridgehead atoms. The Kier molecular flexibility index (Phi) is 10.2. The molecule has 0 aliphatic heterocycles. The molecule has 39 heavy (non-hydrogen) atoms. The molecule has 3 aromatic carbocycles. The smallest absolute Gasteiger partial charge is 0.303 e. The number of fused-ring (bicyclic) bond motifs is 1. The number of aromatic nitrogens is 3. The second-order valence-electron chi connectivity index (χ2n) is 9.86. The number of ether oxygens (including phenoxy) is 2. The summed E-state index contributed by atoms with van der Waals surface area (Å²) in [5.74, 6) is -0.983. The average Bonchev–Trinajstić information content (AvgIpc) is 3.35. The van der Waals surface area contributed by atoms with Crippen molar-refractivity contribution < 1.29 is 24.5 Å². The Bertz CT molecular complexity index is 1370. The molecule has 0 saturated heterocycles. The summed E-state index contributed by atoms with van der Waals surface area (Å²) in [5.41, 5.74) is 7.81. The molecule has 0 fully saturated rings. The molecule has 1 atom stereocenters. The van der Waals surface area contributed by atoms with Crippen LogP contribution in [-0.4, -0.2) is 51.0 Å². The highest BCUT2D eigenvalue weighted by molar-refractivity contribution is 5.80. The van der Waals surface area contributed by atoms with Gasteiger partial charge in [-0.15, -0.1) is 5.10 Å². The first-order valence-corrected chi connectivity index (χ1v) is 13.4. The molecule has 1 unspecified atom stereocenters. The highest BCUT2D eigenvalue weighted by atomic mass is 16.5. The monoisotopic (exact) mass is 531 g/mol. The van der Waals surface area contributed by atoms with Crippen molar-refractivity contribution in [3.63, 3.8) is 0 Å². The number of nitrogens with zero attached hydrogens (tertiary/aromatic N) is 3. The number of aliphatic hydroxyl groups is 1. The number of carboxylic acid groups (broad SMARTS) is 1. The van der Waals surface area contributed by atoms with Gasteiger partial charge in [-0.3, -0.25) is 4.79 Å². The predicted molar refractivity (Wildman–Crippen MR) is 150 cm³/mol. The van der Waals surface area contributed by atoms with Crippen molar-refractivity contribution >= 4 is 17.0 Å². The SMILES string of the molecule is Cc1ccc(CCC(CC(=O)O)c2ccc3c(nnn3CCOCCOCc3ccccc3)c2C)cc1CO. The van der Waals surface area contributed by atoms with E-state index in [2.05, 4.69) is 10.3 Å². The van der Waals surface area contributed by atoms with E-state index in [1.807, 2.05) is 79.2 Å². The van der Waals surface area contributed by atoms with Gasteiger partial charge in [-0.05, 0) is 72.1 Å². The number of benzene rings is 3. The van der Waals surface area contributed by atoms with E-state index >= 15 is 0 Å². The molecule has 8 heteroatoms. The van der Waals surface area contributed by atoms with Gasteiger partial charge >= 0.3 is 5.97 Å². The van der Waals surface area contributed by atoms with E-state index in [4.69, 9.17) is 9.47 Å². The van der Waals surface area contributed by atoms with Crippen molar-refractivity contribution in [1.82, 2.24) is 15.0 Å². The maximum Gasteiger partial charge on any atom is 0.303 e. The molecular weight excluding hydrogens is 494 g/mol. The number of hydrogen-bond donors (Lipinski definition) is 2. The van der Waals surface area contributed by atoms with Gasteiger partial charge in [-0.25, -0.2) is 4.68 Å². The molecule has 8 nitrogen and oxygen atoms in total. The third-order valence-electron chi connectivity index (χ3n) is 7.14. The zero-order valence-corrected chi connectivity index (χ0v) is 22.7. The third-order valence-corrected chi connectivity index (χ3v) is 7.14. The van der Waals surface area contributed by atoms with Crippen LogP contribution >= 0.6 is 0 Å². The number of rotatable bonds is 15. The molecule has 0 saturated carbocycles. The highest BCUT2D eigenvalue weighted by Crippen LogP contribution is 2.32. The van der Waals surface area contributed by atoms with Crippen LogP contribution in [0.15, 0.2) is 60.7 Å². The van der Waals surface area contributed by atoms with Gasteiger partial charge in [0.1, 0.15) is 5.52 Å². The molecule has 206 valence electrons. The molecule has 0 amide bonds. The molecule has 4 aromatic rings. The molecule has 4 rings (SSSR count). The molecule has 0 aliphatic carbocycles. The van der Waals surface area contributed by atoms with Crippen LogP contribution in [0.25, 0.3) is 11.0 Å². The summed E-state index contributed by atoms with van der Waals surface area (Å²) >= 11 is 0. The normalized spacial score (nSPS) is 12.2. The van der Waals surface area contributed by atoms with E-state index in [1.165, 1.54) is 0 Å². The molecule has 1 aromatic heterocycles. The average molecular weight is 532 g/mol. The Hall–Kier alpha value is -3.59. The lowest BCUT2D eigenvalue weighted by Crippen LogP contribution is -2.11. The van der Waals surface area contributed by atoms with E-state index in [9.17, 15) is 15.0 Å². The number of aryl methyl sites for hydroxylation is 3. The fourth-order valence-electron chi connectivity index (χ4n) is 4.90. The van der Waals surface area contributed by atoms with Crippen molar-refractivity contribution in [2.24, 2.45) is 0 Å². The van der Waals surface area contributed by atoms with Crippen LogP contribution in [0, 0.1) is 13.8 Å². The standard InChI is InChI=1S/C31H37N3O5/c1-22-8-9-24(18-27(22)20-35)10-11-26(19-30(36)37)28-12-13-29-31(23(28)2)32-33-34(29)14-15-38-16-17-39-21-25-6-4-3-5-7-25/h3-9,12-13,18,26,35H,10-11,14-17,19-21H2,1-2H3,(H,36,37). The lowest BCUT2D eigenvalue weighted by molar-refractivity contribution is -0.137. The highest BCUT2D eigenvalue weighted by Gasteiger charge is 2.21. The van der Waals surface area contributed by atoms with Gasteiger partial charge in [0, 0.05) is 0 Å². The lowest BCUT2D eigenvalue weighted by Gasteiger charge is -2.18. The lowest BCUT2D eigenvalue weighted by atomic mass is 9.86. The Morgan fingerprint density at radius 2 is 1.77 bits per heavy atom. The zero-order chi connectivity index (χ0) is 27.6. The number of hydrogen-bond acceptors (Lipinski definition) is 6. The topological polar surface area (TPSA) is 107 Å². The van der Waals surface area contributed by atoms with Crippen LogP contribution < -0.4 is 0 Å². The quantitative estimate of drug-likeness (QED) is 0.209. The van der Waals surface area contributed by atoms with Crippen molar-refractivity contribution in [1.29, 1.82) is 0 Å². The number of aliphatic hydroxyl groups excluding tert-OH is 1. The molecule has 0 radical (unpaired) electrons. The fraction of sp³-hybridized carbons (Fsp3) is 0.387. The molecule has 1 heterocycles. The van der Waals surface area contributed by atoms with Crippen molar-refractivity contribution in [3.8, 4) is 0 Å². The van der Waals surface area contributed by atoms with E-state index in [0.29, 0.717) is 39.4 Å². The Morgan fingerprint density at radius 3 is 2.54 bits per heavy atom. The summed E-state index contributed by atoms with van der Waals surface area (Å²) in [7, 11) is 0. The summed E-state index contributed by atoms with van der Waals surface area (Å²) in [4.78, 5) is 11.7. The predicted octanol–water partition coefficient (Wildman–Crippen LogP) is 4.96. The van der Waals surface area contributed by atoms with Crippen molar-refractivity contribution in [2.75, 3.05) is 19.8 Å². The van der Waals surface area contributed by atoms with Crippen LogP contribution in [0.4, 0.5) is 0 Å². The largest absolute Gasteiger partial charge is 0.481 e. The second kappa shape index (κ2) is 14.0. The summed E-state index contributed by atoms with van der Waals surface area (Å²) < 4.78 is 13.2. The van der Waals surface area contributed by atoms with Crippen LogP contribution in [0.5, 0.6) is 0 Å². The van der Waals surface area contributed by atoms with E-state index < -0.39 is 5.97 Å². The first kappa shape index (κ1) is 28.4. The zero-order valence-electron chi connectivity index (χ0n) is 22.7. The maximum absolute atomic E-state index is 11.7. The van der Waals surface area contributed by atoms with Gasteiger partial charge < -0.3 is 19.7 Å². The minimum Gasteiger partial charge on any atom is -0.481 e. The second-order valence-corrected chi connectivity index (χ2v) is 9.86.